The number of hydrogen-bond acceptors (Lipinski definition) is 4. The largest absolute Gasteiger partial charge is 0.491 e. The Morgan fingerprint density at radius 1 is 1.32 bits per heavy atom. The maximum absolute atomic E-state index is 11.3. The summed E-state index contributed by atoms with van der Waals surface area (Å²) in [5.74, 6) is 0.577. The van der Waals surface area contributed by atoms with Crippen LogP contribution in [0.5, 0.6) is 5.75 Å². The van der Waals surface area contributed by atoms with Gasteiger partial charge in [-0.3, -0.25) is 9.69 Å². The first-order valence-electron chi connectivity index (χ1n) is 7.92. The molecule has 0 radical (unpaired) electrons. The van der Waals surface area contributed by atoms with Gasteiger partial charge >= 0.3 is 0 Å². The second-order valence-corrected chi connectivity index (χ2v) is 6.54. The lowest BCUT2D eigenvalue weighted by Gasteiger charge is -2.41. The molecular weight excluding hydrogens is 280 g/mol. The fraction of sp³-hybridized carbons (Fsp3) is 0.588. The van der Waals surface area contributed by atoms with Gasteiger partial charge < -0.3 is 15.6 Å². The molecule has 5 heteroatoms. The van der Waals surface area contributed by atoms with Crippen LogP contribution in [0.25, 0.3) is 0 Å². The summed E-state index contributed by atoms with van der Waals surface area (Å²) in [6, 6.07) is 4.03. The second kappa shape index (κ2) is 5.89. The van der Waals surface area contributed by atoms with Crippen LogP contribution in [0.1, 0.15) is 35.6 Å². The Morgan fingerprint density at radius 2 is 2.00 bits per heavy atom. The quantitative estimate of drug-likeness (QED) is 0.863. The van der Waals surface area contributed by atoms with E-state index in [9.17, 15) is 9.90 Å². The molecule has 3 rings (SSSR count). The van der Waals surface area contributed by atoms with E-state index in [2.05, 4.69) is 11.0 Å². The summed E-state index contributed by atoms with van der Waals surface area (Å²) in [5, 5.41) is 10.8. The third kappa shape index (κ3) is 2.71. The molecule has 2 heterocycles. The Labute approximate surface area is 131 Å². The van der Waals surface area contributed by atoms with Gasteiger partial charge in [-0.2, -0.15) is 0 Å². The number of aliphatic hydroxyl groups is 1. The van der Waals surface area contributed by atoms with Gasteiger partial charge in [-0.1, -0.05) is 11.6 Å². The number of piperidine rings is 1. The predicted molar refractivity (Wildman–Crippen MR) is 83.7 cm³/mol. The van der Waals surface area contributed by atoms with Crippen LogP contribution in [0, 0.1) is 19.8 Å². The molecule has 2 unspecified atom stereocenters. The van der Waals surface area contributed by atoms with E-state index in [1.165, 1.54) is 0 Å². The summed E-state index contributed by atoms with van der Waals surface area (Å²) in [6.45, 7) is 6.08. The van der Waals surface area contributed by atoms with Gasteiger partial charge in [0.25, 0.3) is 0 Å². The first-order valence-corrected chi connectivity index (χ1v) is 7.92. The van der Waals surface area contributed by atoms with Crippen molar-refractivity contribution in [1.29, 1.82) is 0 Å². The SMILES string of the molecule is Cc1cc(C)c2c(c1)C(O)C(N1CCC(C(N)=O)CC1)CO2. The van der Waals surface area contributed by atoms with E-state index >= 15 is 0 Å². The minimum absolute atomic E-state index is 0.0327. The van der Waals surface area contributed by atoms with Crippen molar-refractivity contribution in [2.24, 2.45) is 11.7 Å². The van der Waals surface area contributed by atoms with Crippen molar-refractivity contribution in [2.45, 2.75) is 38.8 Å². The van der Waals surface area contributed by atoms with Crippen molar-refractivity contribution >= 4 is 5.91 Å². The molecule has 1 saturated heterocycles. The fourth-order valence-corrected chi connectivity index (χ4v) is 3.69. The molecule has 0 aromatic heterocycles. The van der Waals surface area contributed by atoms with Crippen molar-refractivity contribution in [2.75, 3.05) is 19.7 Å². The van der Waals surface area contributed by atoms with E-state index in [-0.39, 0.29) is 17.9 Å². The molecular formula is C17H24N2O3. The summed E-state index contributed by atoms with van der Waals surface area (Å²) in [6.07, 6.45) is 0.976. The third-order valence-electron chi connectivity index (χ3n) is 4.93. The molecule has 22 heavy (non-hydrogen) atoms. The minimum Gasteiger partial charge on any atom is -0.491 e. The van der Waals surface area contributed by atoms with Gasteiger partial charge in [0.15, 0.2) is 0 Å². The first kappa shape index (κ1) is 15.3. The lowest BCUT2D eigenvalue weighted by atomic mass is 9.90. The average Bonchev–Trinajstić information content (AvgIpc) is 2.48. The predicted octanol–water partition coefficient (Wildman–Crippen LogP) is 1.30. The summed E-state index contributed by atoms with van der Waals surface area (Å²) in [5.41, 5.74) is 8.46. The van der Waals surface area contributed by atoms with E-state index in [1.807, 2.05) is 19.9 Å². The molecule has 1 amide bonds. The number of hydrogen-bond donors (Lipinski definition) is 2. The van der Waals surface area contributed by atoms with Crippen molar-refractivity contribution in [3.05, 3.63) is 28.8 Å². The number of aryl methyl sites for hydroxylation is 2. The summed E-state index contributed by atoms with van der Waals surface area (Å²) in [7, 11) is 0. The van der Waals surface area contributed by atoms with Gasteiger partial charge in [0, 0.05) is 11.5 Å². The highest BCUT2D eigenvalue weighted by molar-refractivity contribution is 5.76. The number of nitrogens with two attached hydrogens (primary N) is 1. The third-order valence-corrected chi connectivity index (χ3v) is 4.93. The Morgan fingerprint density at radius 3 is 2.64 bits per heavy atom. The van der Waals surface area contributed by atoms with Gasteiger partial charge in [-0.25, -0.2) is 0 Å². The van der Waals surface area contributed by atoms with Gasteiger partial charge in [0.2, 0.25) is 5.91 Å². The zero-order chi connectivity index (χ0) is 15.9. The van der Waals surface area contributed by atoms with Crippen LogP contribution < -0.4 is 10.5 Å². The van der Waals surface area contributed by atoms with Gasteiger partial charge in [0.05, 0.1) is 6.04 Å². The summed E-state index contributed by atoms with van der Waals surface area (Å²) in [4.78, 5) is 13.5. The maximum atomic E-state index is 11.3. The molecule has 1 aromatic rings. The average molecular weight is 304 g/mol. The molecule has 0 spiro atoms. The molecule has 3 N–H and O–H groups in total. The van der Waals surface area contributed by atoms with E-state index < -0.39 is 6.10 Å². The molecule has 1 fully saturated rings. The summed E-state index contributed by atoms with van der Waals surface area (Å²) >= 11 is 0. The zero-order valence-electron chi connectivity index (χ0n) is 13.2. The number of ether oxygens (including phenoxy) is 1. The number of carbonyl (C=O) groups excluding carboxylic acids is 1. The molecule has 5 nitrogen and oxygen atoms in total. The minimum atomic E-state index is -0.549. The van der Waals surface area contributed by atoms with Crippen molar-refractivity contribution in [1.82, 2.24) is 4.90 Å². The first-order chi connectivity index (χ1) is 10.5. The van der Waals surface area contributed by atoms with E-state index in [1.54, 1.807) is 0 Å². The molecule has 0 aliphatic carbocycles. The topological polar surface area (TPSA) is 75.8 Å². The lowest BCUT2D eigenvalue weighted by molar-refractivity contribution is -0.123. The number of carbonyl (C=O) groups is 1. The highest BCUT2D eigenvalue weighted by Gasteiger charge is 2.36. The number of likely N-dealkylation sites (tertiary alicyclic amines) is 1. The summed E-state index contributed by atoms with van der Waals surface area (Å²) < 4.78 is 5.93. The van der Waals surface area contributed by atoms with Crippen LogP contribution in [0.15, 0.2) is 12.1 Å². The highest BCUT2D eigenvalue weighted by Crippen LogP contribution is 2.38. The van der Waals surface area contributed by atoms with Crippen LogP contribution in [0.4, 0.5) is 0 Å². The van der Waals surface area contributed by atoms with Gasteiger partial charge in [0.1, 0.15) is 18.5 Å². The normalized spacial score (nSPS) is 26.3. The Balaban J connectivity index is 1.76. The number of fused-ring (bicyclic) bond motifs is 1. The number of amides is 1. The number of rotatable bonds is 2. The van der Waals surface area contributed by atoms with Gasteiger partial charge in [-0.15, -0.1) is 0 Å². The molecule has 120 valence electrons. The maximum Gasteiger partial charge on any atom is 0.220 e. The van der Waals surface area contributed by atoms with E-state index in [4.69, 9.17) is 10.5 Å². The molecule has 0 bridgehead atoms. The fourth-order valence-electron chi connectivity index (χ4n) is 3.69. The van der Waals surface area contributed by atoms with Crippen LogP contribution in [0.3, 0.4) is 0 Å². The second-order valence-electron chi connectivity index (χ2n) is 6.54. The van der Waals surface area contributed by atoms with Crippen LogP contribution in [-0.4, -0.2) is 41.7 Å². The molecule has 1 aromatic carbocycles. The van der Waals surface area contributed by atoms with E-state index in [0.29, 0.717) is 6.61 Å². The monoisotopic (exact) mass is 304 g/mol. The molecule has 2 atom stereocenters. The van der Waals surface area contributed by atoms with Crippen LogP contribution in [0.2, 0.25) is 0 Å². The molecule has 2 aliphatic heterocycles. The van der Waals surface area contributed by atoms with Crippen molar-refractivity contribution in [3.8, 4) is 5.75 Å². The zero-order valence-corrected chi connectivity index (χ0v) is 13.2. The van der Waals surface area contributed by atoms with Crippen LogP contribution >= 0.6 is 0 Å². The highest BCUT2D eigenvalue weighted by atomic mass is 16.5. The Bertz CT molecular complexity index is 580. The number of nitrogens with zero attached hydrogens (tertiary/aromatic N) is 1. The lowest BCUT2D eigenvalue weighted by Crippen LogP contribution is -2.50. The van der Waals surface area contributed by atoms with Crippen molar-refractivity contribution in [3.63, 3.8) is 0 Å². The Hall–Kier alpha value is -1.59. The van der Waals surface area contributed by atoms with Crippen molar-refractivity contribution < 1.29 is 14.6 Å². The van der Waals surface area contributed by atoms with Gasteiger partial charge in [-0.05, 0) is 51.4 Å². The standard InChI is InChI=1S/C17H24N2O3/c1-10-7-11(2)16-13(8-10)15(20)14(9-22-16)19-5-3-12(4-6-19)17(18)21/h7-8,12,14-15,20H,3-6,9H2,1-2H3,(H2,18,21). The van der Waals surface area contributed by atoms with E-state index in [0.717, 1.165) is 48.4 Å². The molecule has 2 aliphatic rings. The smallest absolute Gasteiger partial charge is 0.220 e. The number of aliphatic hydroxyl groups excluding tert-OH is 1. The number of benzene rings is 1. The van der Waals surface area contributed by atoms with Crippen LogP contribution in [-0.2, 0) is 4.79 Å². The molecule has 0 saturated carbocycles. The number of primary amides is 1. The Kier molecular flexibility index (Phi) is 4.10.